The Balaban J connectivity index is 1.94. The van der Waals surface area contributed by atoms with Crippen molar-refractivity contribution in [2.75, 3.05) is 0 Å². The molecule has 0 fully saturated rings. The molecule has 3 rings (SSSR count). The van der Waals surface area contributed by atoms with Crippen molar-refractivity contribution in [2.24, 2.45) is 0 Å². The van der Waals surface area contributed by atoms with Crippen LogP contribution in [0.3, 0.4) is 0 Å². The van der Waals surface area contributed by atoms with E-state index in [1.165, 1.54) is 23.6 Å². The molecule has 1 aromatic carbocycles. The van der Waals surface area contributed by atoms with Crippen LogP contribution in [0.4, 0.5) is 5.69 Å². The second-order valence-corrected chi connectivity index (χ2v) is 3.31. The second kappa shape index (κ2) is 2.06. The molecule has 0 unspecified atom stereocenters. The number of non-ortho nitro benzene ring substituents is 1. The molecule has 0 saturated heterocycles. The minimum absolute atomic E-state index is 0.130. The van der Waals surface area contributed by atoms with Crippen LogP contribution < -0.4 is 0 Å². The average molecular weight is 189 g/mol. The van der Waals surface area contributed by atoms with Gasteiger partial charge in [-0.2, -0.15) is 0 Å². The number of nitro benzene ring substituents is 1. The van der Waals surface area contributed by atoms with Gasteiger partial charge in [-0.25, -0.2) is 9.36 Å². The lowest BCUT2D eigenvalue weighted by molar-refractivity contribution is -0.384. The monoisotopic (exact) mass is 189 g/mol. The summed E-state index contributed by atoms with van der Waals surface area (Å²) < 4.78 is 4.07. The van der Waals surface area contributed by atoms with Gasteiger partial charge in [0.05, 0.1) is 16.3 Å². The lowest BCUT2D eigenvalue weighted by Crippen LogP contribution is -1.90. The molecule has 2 aliphatic rings. The highest BCUT2D eigenvalue weighted by Gasteiger charge is 2.38. The van der Waals surface area contributed by atoms with Gasteiger partial charge in [0.25, 0.3) is 5.69 Å². The van der Waals surface area contributed by atoms with Crippen molar-refractivity contribution < 1.29 is 4.92 Å². The quantitative estimate of drug-likeness (QED) is 0.456. The molecule has 0 amide bonds. The highest BCUT2D eigenvalue weighted by atomic mass is 16.6. The Bertz CT molecular complexity index is 515. The van der Waals surface area contributed by atoms with Gasteiger partial charge >= 0.3 is 0 Å². The summed E-state index contributed by atoms with van der Waals surface area (Å²) >= 11 is 0. The molecule has 0 atom stereocenters. The lowest BCUT2D eigenvalue weighted by Gasteiger charge is -1.95. The number of aromatic nitrogens is 2. The highest BCUT2D eigenvalue weighted by Crippen LogP contribution is 2.40. The van der Waals surface area contributed by atoms with Gasteiger partial charge in [-0.05, 0) is 19.1 Å². The maximum atomic E-state index is 10.4. The first-order valence-electron chi connectivity index (χ1n) is 4.25. The Morgan fingerprint density at radius 2 is 1.79 bits per heavy atom. The van der Waals surface area contributed by atoms with Gasteiger partial charge in [0, 0.05) is 12.1 Å². The largest absolute Gasteiger partial charge is 0.269 e. The van der Waals surface area contributed by atoms with Crippen LogP contribution >= 0.6 is 0 Å². The van der Waals surface area contributed by atoms with E-state index in [4.69, 9.17) is 0 Å². The van der Waals surface area contributed by atoms with Gasteiger partial charge in [-0.15, -0.1) is 0 Å². The van der Waals surface area contributed by atoms with Crippen molar-refractivity contribution in [1.29, 1.82) is 0 Å². The molecule has 0 aliphatic carbocycles. The zero-order chi connectivity index (χ0) is 9.87. The first-order valence-corrected chi connectivity index (χ1v) is 4.25. The van der Waals surface area contributed by atoms with E-state index in [1.807, 2.05) is 11.6 Å². The number of fused-ring (bicyclic) bond motifs is 1. The molecular formula is C9H7N3O2. The number of hydrogen-bond donors (Lipinski definition) is 0. The molecule has 5 heteroatoms. The summed E-state index contributed by atoms with van der Waals surface area (Å²) in [5.41, 5.74) is 2.39. The summed E-state index contributed by atoms with van der Waals surface area (Å²) in [6.45, 7) is 2.04. The molecule has 70 valence electrons. The third-order valence-electron chi connectivity index (χ3n) is 2.46. The summed E-state index contributed by atoms with van der Waals surface area (Å²) in [6, 6.07) is 6.54. The molecule has 0 bridgehead atoms. The average Bonchev–Trinajstić information content (AvgIpc) is 3.05. The van der Waals surface area contributed by atoms with E-state index in [9.17, 15) is 10.1 Å². The number of nitro groups is 1. The van der Waals surface area contributed by atoms with Gasteiger partial charge in [0.15, 0.2) is 5.82 Å². The van der Waals surface area contributed by atoms with Crippen LogP contribution in [0.5, 0.6) is 0 Å². The summed E-state index contributed by atoms with van der Waals surface area (Å²) in [6.07, 6.45) is 0. The minimum atomic E-state index is -0.391. The minimum Gasteiger partial charge on any atom is -0.258 e. The van der Waals surface area contributed by atoms with Crippen LogP contribution in [-0.4, -0.2) is 14.3 Å². The standard InChI is InChI=1S/C9H7N3O2/c1-6-9-10(6)11(9)7-2-4-8(5-3-7)12(13)14/h2-5H,1H3. The van der Waals surface area contributed by atoms with Gasteiger partial charge in [0.2, 0.25) is 0 Å². The molecule has 1 aromatic rings. The zero-order valence-electron chi connectivity index (χ0n) is 7.47. The van der Waals surface area contributed by atoms with Crippen molar-refractivity contribution in [3.05, 3.63) is 40.1 Å². The first-order chi connectivity index (χ1) is 6.70. The number of nitrogens with zero attached hydrogens (tertiary/aromatic N) is 3. The summed E-state index contributed by atoms with van der Waals surface area (Å²) in [4.78, 5) is 10.0. The molecule has 0 N–H and O–H groups in total. The molecular weight excluding hydrogens is 182 g/mol. The zero-order valence-corrected chi connectivity index (χ0v) is 7.47. The van der Waals surface area contributed by atoms with Crippen LogP contribution in [0.2, 0.25) is 0 Å². The topological polar surface area (TPSA) is 53.0 Å². The molecule has 5 nitrogen and oxygen atoms in total. The van der Waals surface area contributed by atoms with E-state index in [1.54, 1.807) is 12.1 Å². The number of aryl methyl sites for hydroxylation is 1. The van der Waals surface area contributed by atoms with Crippen LogP contribution in [-0.2, 0) is 0 Å². The van der Waals surface area contributed by atoms with Gasteiger partial charge in [-0.1, -0.05) is 0 Å². The predicted octanol–water partition coefficient (Wildman–Crippen LogP) is 1.80. The Kier molecular flexibility index (Phi) is 1.09. The number of hydrogen-bond acceptors (Lipinski definition) is 2. The third-order valence-corrected chi connectivity index (χ3v) is 2.46. The van der Waals surface area contributed by atoms with Crippen LogP contribution in [0.1, 0.15) is 5.69 Å². The molecule has 0 radical (unpaired) electrons. The van der Waals surface area contributed by atoms with E-state index in [2.05, 4.69) is 4.68 Å². The van der Waals surface area contributed by atoms with E-state index < -0.39 is 4.92 Å². The number of benzene rings is 1. The van der Waals surface area contributed by atoms with Gasteiger partial charge in [0.1, 0.15) is 0 Å². The molecule has 0 saturated carbocycles. The smallest absolute Gasteiger partial charge is 0.258 e. The Labute approximate surface area is 79.3 Å². The Morgan fingerprint density at radius 3 is 2.21 bits per heavy atom. The summed E-state index contributed by atoms with van der Waals surface area (Å²) in [5.74, 6) is 1.22. The fraction of sp³-hybridized carbons (Fsp3) is 0.111. The molecule has 2 aliphatic heterocycles. The second-order valence-electron chi connectivity index (χ2n) is 3.31. The van der Waals surface area contributed by atoms with E-state index >= 15 is 0 Å². The van der Waals surface area contributed by atoms with Crippen LogP contribution in [0.25, 0.3) is 11.5 Å². The van der Waals surface area contributed by atoms with Crippen molar-refractivity contribution in [2.45, 2.75) is 6.92 Å². The van der Waals surface area contributed by atoms with Crippen LogP contribution in [0.15, 0.2) is 24.3 Å². The molecule has 14 heavy (non-hydrogen) atoms. The fourth-order valence-corrected chi connectivity index (χ4v) is 1.58. The van der Waals surface area contributed by atoms with Gasteiger partial charge in [-0.3, -0.25) is 10.1 Å². The Hall–Kier alpha value is -2.04. The lowest BCUT2D eigenvalue weighted by atomic mass is 10.3. The Morgan fingerprint density at radius 1 is 1.21 bits per heavy atom. The molecule has 2 heterocycles. The van der Waals surface area contributed by atoms with Crippen LogP contribution in [0, 0.1) is 17.0 Å². The van der Waals surface area contributed by atoms with Crippen molar-refractivity contribution >= 4 is 5.69 Å². The van der Waals surface area contributed by atoms with Crippen molar-refractivity contribution in [3.63, 3.8) is 0 Å². The highest BCUT2D eigenvalue weighted by molar-refractivity contribution is 5.60. The summed E-state index contributed by atoms with van der Waals surface area (Å²) in [5, 5.41) is 10.4. The third kappa shape index (κ3) is 0.783. The van der Waals surface area contributed by atoms with E-state index in [-0.39, 0.29) is 5.69 Å². The molecule has 0 aromatic heterocycles. The molecule has 0 spiro atoms. The summed E-state index contributed by atoms with van der Waals surface area (Å²) in [7, 11) is 0. The number of rotatable bonds is 2. The maximum Gasteiger partial charge on any atom is 0.269 e. The predicted molar refractivity (Wildman–Crippen MR) is 50.0 cm³/mol. The van der Waals surface area contributed by atoms with E-state index in [0.29, 0.717) is 0 Å². The normalized spacial score (nSPS) is 11.8. The van der Waals surface area contributed by atoms with E-state index in [0.717, 1.165) is 5.69 Å². The SMILES string of the molecule is Cc1c2n(-c3ccc([N+](=O)[O-])cc3)n1-2. The van der Waals surface area contributed by atoms with Crippen molar-refractivity contribution in [1.82, 2.24) is 9.36 Å². The fourth-order valence-electron chi connectivity index (χ4n) is 1.58. The van der Waals surface area contributed by atoms with Crippen molar-refractivity contribution in [3.8, 4) is 11.5 Å². The van der Waals surface area contributed by atoms with Gasteiger partial charge < -0.3 is 0 Å². The first kappa shape index (κ1) is 7.37. The maximum absolute atomic E-state index is 10.4.